The Bertz CT molecular complexity index is 1070. The second-order valence-corrected chi connectivity index (χ2v) is 10.1. The zero-order valence-corrected chi connectivity index (χ0v) is 19.8. The zero-order valence-electron chi connectivity index (χ0n) is 19.8. The highest BCUT2D eigenvalue weighted by Crippen LogP contribution is 2.38. The van der Waals surface area contributed by atoms with E-state index in [9.17, 15) is 5.11 Å². The van der Waals surface area contributed by atoms with Crippen LogP contribution in [0.1, 0.15) is 58.2 Å². The molecule has 0 amide bonds. The fourth-order valence-electron chi connectivity index (χ4n) is 3.55. The molecule has 3 nitrogen and oxygen atoms in total. The topological polar surface area (TPSA) is 35.8 Å². The predicted molar refractivity (Wildman–Crippen MR) is 134 cm³/mol. The molecule has 3 aromatic carbocycles. The number of para-hydroxylation sites is 3. The second-order valence-electron chi connectivity index (χ2n) is 10.1. The van der Waals surface area contributed by atoms with Gasteiger partial charge in [-0.25, -0.2) is 0 Å². The largest absolute Gasteiger partial charge is 0.507 e. The van der Waals surface area contributed by atoms with Crippen molar-refractivity contribution in [3.05, 3.63) is 83.4 Å². The number of anilines is 2. The number of rotatable bonds is 4. The molecule has 1 N–H and O–H groups in total. The van der Waals surface area contributed by atoms with Gasteiger partial charge in [0.1, 0.15) is 5.75 Å². The van der Waals surface area contributed by atoms with Crippen molar-refractivity contribution < 1.29 is 5.11 Å². The first-order valence-corrected chi connectivity index (χ1v) is 10.8. The van der Waals surface area contributed by atoms with Gasteiger partial charge in [-0.05, 0) is 46.7 Å². The summed E-state index contributed by atoms with van der Waals surface area (Å²) in [7, 11) is 2.04. The summed E-state index contributed by atoms with van der Waals surface area (Å²) in [5.74, 6) is 0.304. The molecule has 0 saturated heterocycles. The van der Waals surface area contributed by atoms with E-state index in [2.05, 4.69) is 76.8 Å². The van der Waals surface area contributed by atoms with Crippen molar-refractivity contribution in [2.24, 2.45) is 4.99 Å². The van der Waals surface area contributed by atoms with E-state index >= 15 is 0 Å². The van der Waals surface area contributed by atoms with Gasteiger partial charge in [-0.2, -0.15) is 0 Å². The Labute approximate surface area is 187 Å². The minimum atomic E-state index is -0.167. The molecule has 0 unspecified atom stereocenters. The minimum Gasteiger partial charge on any atom is -0.507 e. The van der Waals surface area contributed by atoms with Crippen LogP contribution in [0.4, 0.5) is 17.1 Å². The lowest BCUT2D eigenvalue weighted by Gasteiger charge is -2.27. The van der Waals surface area contributed by atoms with E-state index in [1.54, 1.807) is 6.21 Å². The molecular formula is C28H34N2O. The summed E-state index contributed by atoms with van der Waals surface area (Å²) < 4.78 is 0. The molecule has 0 atom stereocenters. The zero-order chi connectivity index (χ0) is 22.8. The van der Waals surface area contributed by atoms with Gasteiger partial charge in [-0.3, -0.25) is 4.99 Å². The number of phenolic OH excluding ortho intramolecular Hbond substituents is 1. The van der Waals surface area contributed by atoms with Gasteiger partial charge < -0.3 is 10.0 Å². The maximum Gasteiger partial charge on any atom is 0.128 e. The smallest absolute Gasteiger partial charge is 0.128 e. The minimum absolute atomic E-state index is 0.0261. The molecule has 3 aromatic rings. The predicted octanol–water partition coefficient (Wildman–Crippen LogP) is 7.51. The molecule has 31 heavy (non-hydrogen) atoms. The molecule has 0 aliphatic heterocycles. The molecule has 0 aliphatic carbocycles. The van der Waals surface area contributed by atoms with Gasteiger partial charge in [0.05, 0.1) is 11.4 Å². The van der Waals surface area contributed by atoms with E-state index in [0.29, 0.717) is 5.75 Å². The first kappa shape index (κ1) is 22.6. The highest BCUT2D eigenvalue weighted by atomic mass is 16.3. The Kier molecular flexibility index (Phi) is 6.26. The van der Waals surface area contributed by atoms with Crippen LogP contribution < -0.4 is 4.90 Å². The van der Waals surface area contributed by atoms with Gasteiger partial charge in [0, 0.05) is 30.1 Å². The first-order valence-electron chi connectivity index (χ1n) is 10.8. The van der Waals surface area contributed by atoms with Gasteiger partial charge in [-0.1, -0.05) is 77.9 Å². The van der Waals surface area contributed by atoms with Crippen LogP contribution in [-0.2, 0) is 10.8 Å². The van der Waals surface area contributed by atoms with Crippen molar-refractivity contribution >= 4 is 23.3 Å². The van der Waals surface area contributed by atoms with Crippen molar-refractivity contribution in [1.82, 2.24) is 0 Å². The van der Waals surface area contributed by atoms with Crippen LogP contribution in [0, 0.1) is 0 Å². The van der Waals surface area contributed by atoms with Crippen LogP contribution in [-0.4, -0.2) is 18.4 Å². The van der Waals surface area contributed by atoms with Gasteiger partial charge in [0.15, 0.2) is 0 Å². The second kappa shape index (κ2) is 8.58. The number of hydrogen-bond donors (Lipinski definition) is 1. The van der Waals surface area contributed by atoms with Crippen LogP contribution in [0.25, 0.3) is 0 Å². The average Bonchev–Trinajstić information content (AvgIpc) is 2.71. The Balaban J connectivity index is 2.07. The molecule has 0 fully saturated rings. The molecule has 0 aromatic heterocycles. The van der Waals surface area contributed by atoms with Crippen molar-refractivity contribution in [3.8, 4) is 5.75 Å². The van der Waals surface area contributed by atoms with Crippen molar-refractivity contribution in [3.63, 3.8) is 0 Å². The molecule has 0 bridgehead atoms. The summed E-state index contributed by atoms with van der Waals surface area (Å²) in [6.45, 7) is 12.9. The summed E-state index contributed by atoms with van der Waals surface area (Å²) in [6, 6.07) is 22.5. The van der Waals surface area contributed by atoms with Gasteiger partial charge >= 0.3 is 0 Å². The molecule has 3 heteroatoms. The Morgan fingerprint density at radius 2 is 1.42 bits per heavy atom. The number of phenols is 1. The third kappa shape index (κ3) is 5.16. The van der Waals surface area contributed by atoms with Crippen molar-refractivity contribution in [1.29, 1.82) is 0 Å². The van der Waals surface area contributed by atoms with Crippen LogP contribution in [0.15, 0.2) is 71.7 Å². The summed E-state index contributed by atoms with van der Waals surface area (Å²) >= 11 is 0. The van der Waals surface area contributed by atoms with E-state index in [0.717, 1.165) is 28.2 Å². The fraction of sp³-hybridized carbons (Fsp3) is 0.321. The number of nitrogens with zero attached hydrogens (tertiary/aromatic N) is 2. The quantitative estimate of drug-likeness (QED) is 0.448. The summed E-state index contributed by atoms with van der Waals surface area (Å²) in [5.41, 5.74) is 5.63. The average molecular weight is 415 g/mol. The number of aliphatic imine (C=N–C) groups is 1. The van der Waals surface area contributed by atoms with Crippen LogP contribution in [0.5, 0.6) is 5.75 Å². The lowest BCUT2D eigenvalue weighted by molar-refractivity contribution is 0.444. The molecular weight excluding hydrogens is 380 g/mol. The van der Waals surface area contributed by atoms with Gasteiger partial charge in [0.25, 0.3) is 0 Å². The monoisotopic (exact) mass is 414 g/mol. The lowest BCUT2D eigenvalue weighted by atomic mass is 9.79. The van der Waals surface area contributed by atoms with Crippen LogP contribution >= 0.6 is 0 Å². The van der Waals surface area contributed by atoms with E-state index < -0.39 is 0 Å². The van der Waals surface area contributed by atoms with E-state index in [1.807, 2.05) is 43.4 Å². The number of aromatic hydroxyl groups is 1. The number of hydrogen-bond acceptors (Lipinski definition) is 3. The number of benzene rings is 3. The Hall–Kier alpha value is -3.07. The van der Waals surface area contributed by atoms with Crippen molar-refractivity contribution in [2.75, 3.05) is 11.9 Å². The van der Waals surface area contributed by atoms with Gasteiger partial charge in [0.2, 0.25) is 0 Å². The Morgan fingerprint density at radius 3 is 2.03 bits per heavy atom. The summed E-state index contributed by atoms with van der Waals surface area (Å²) in [5, 5.41) is 11.0. The fourth-order valence-corrected chi connectivity index (χ4v) is 3.55. The lowest BCUT2D eigenvalue weighted by Crippen LogP contribution is -2.17. The Morgan fingerprint density at radius 1 is 0.806 bits per heavy atom. The normalized spacial score (nSPS) is 12.4. The highest BCUT2D eigenvalue weighted by Gasteiger charge is 2.24. The standard InChI is InChI=1S/C28H34N2O/c1-27(2,3)21-17-20(26(31)23(18-21)28(4,5)6)19-29-24-15-11-12-16-25(24)30(7)22-13-9-8-10-14-22/h8-19,31H,1-7H3/b29-19+. The molecule has 162 valence electrons. The third-order valence-corrected chi connectivity index (χ3v) is 5.54. The van der Waals surface area contributed by atoms with Crippen molar-refractivity contribution in [2.45, 2.75) is 52.4 Å². The maximum atomic E-state index is 11.0. The molecule has 0 radical (unpaired) electrons. The third-order valence-electron chi connectivity index (χ3n) is 5.54. The van der Waals surface area contributed by atoms with Crippen LogP contribution in [0.2, 0.25) is 0 Å². The highest BCUT2D eigenvalue weighted by molar-refractivity contribution is 5.89. The summed E-state index contributed by atoms with van der Waals surface area (Å²) in [6.07, 6.45) is 1.79. The molecule has 0 aliphatic rings. The maximum absolute atomic E-state index is 11.0. The van der Waals surface area contributed by atoms with E-state index in [1.165, 1.54) is 5.56 Å². The SMILES string of the molecule is CN(c1ccccc1)c1ccccc1/N=C/c1cc(C(C)(C)C)cc(C(C)(C)C)c1O. The molecule has 3 rings (SSSR count). The molecule has 0 spiro atoms. The molecule has 0 saturated carbocycles. The van der Waals surface area contributed by atoms with E-state index in [4.69, 9.17) is 4.99 Å². The van der Waals surface area contributed by atoms with Gasteiger partial charge in [-0.15, -0.1) is 0 Å². The first-order chi connectivity index (χ1) is 14.5. The van der Waals surface area contributed by atoms with Crippen LogP contribution in [0.3, 0.4) is 0 Å². The summed E-state index contributed by atoms with van der Waals surface area (Å²) in [4.78, 5) is 6.93. The van der Waals surface area contributed by atoms with E-state index in [-0.39, 0.29) is 10.8 Å². The molecule has 0 heterocycles.